The van der Waals surface area contributed by atoms with Gasteiger partial charge in [-0.2, -0.15) is 11.8 Å². The highest BCUT2D eigenvalue weighted by Crippen LogP contribution is 2.16. The Morgan fingerprint density at radius 1 is 1.29 bits per heavy atom. The average Bonchev–Trinajstić information content (AvgIpc) is 2.21. The van der Waals surface area contributed by atoms with E-state index in [4.69, 9.17) is 11.6 Å². The molecule has 0 heterocycles. The third-order valence-corrected chi connectivity index (χ3v) is 3.92. The lowest BCUT2D eigenvalue weighted by atomic mass is 10.2. The molecule has 0 N–H and O–H groups in total. The molecule has 1 aromatic rings. The number of benzene rings is 1. The van der Waals surface area contributed by atoms with E-state index in [1.165, 1.54) is 11.1 Å². The predicted molar refractivity (Wildman–Crippen MR) is 67.2 cm³/mol. The van der Waals surface area contributed by atoms with E-state index < -0.39 is 0 Å². The first kappa shape index (κ1) is 11.9. The van der Waals surface area contributed by atoms with Crippen molar-refractivity contribution in [1.82, 2.24) is 0 Å². The predicted octanol–water partition coefficient (Wildman–Crippen LogP) is 4.10. The molecule has 0 saturated heterocycles. The van der Waals surface area contributed by atoms with Gasteiger partial charge in [-0.3, -0.25) is 0 Å². The van der Waals surface area contributed by atoms with Crippen molar-refractivity contribution < 1.29 is 0 Å². The van der Waals surface area contributed by atoms with Crippen LogP contribution >= 0.6 is 23.4 Å². The molecular weight excluding hydrogens is 212 g/mol. The zero-order valence-electron chi connectivity index (χ0n) is 8.79. The van der Waals surface area contributed by atoms with Gasteiger partial charge in [0.1, 0.15) is 0 Å². The summed E-state index contributed by atoms with van der Waals surface area (Å²) in [4.78, 5) is 0. The zero-order chi connectivity index (χ0) is 10.4. The Kier molecular flexibility index (Phi) is 5.42. The molecule has 0 aliphatic heterocycles. The van der Waals surface area contributed by atoms with Gasteiger partial charge in [-0.1, -0.05) is 36.8 Å². The SMILES string of the molecule is Cc1ccc(CSCC(C)CCl)cc1. The number of aryl methyl sites for hydroxylation is 1. The molecule has 1 rings (SSSR count). The fourth-order valence-electron chi connectivity index (χ4n) is 1.11. The van der Waals surface area contributed by atoms with E-state index in [1.807, 2.05) is 11.8 Å². The monoisotopic (exact) mass is 228 g/mol. The summed E-state index contributed by atoms with van der Waals surface area (Å²) in [6.07, 6.45) is 0. The molecule has 0 radical (unpaired) electrons. The van der Waals surface area contributed by atoms with Crippen molar-refractivity contribution >= 4 is 23.4 Å². The van der Waals surface area contributed by atoms with E-state index in [2.05, 4.69) is 38.1 Å². The Hall–Kier alpha value is -0.140. The van der Waals surface area contributed by atoms with Crippen molar-refractivity contribution in [2.24, 2.45) is 5.92 Å². The van der Waals surface area contributed by atoms with Crippen LogP contribution < -0.4 is 0 Å². The van der Waals surface area contributed by atoms with Gasteiger partial charge in [0.15, 0.2) is 0 Å². The van der Waals surface area contributed by atoms with Crippen LogP contribution in [-0.4, -0.2) is 11.6 Å². The smallest absolute Gasteiger partial charge is 0.0257 e. The minimum absolute atomic E-state index is 0.618. The zero-order valence-corrected chi connectivity index (χ0v) is 10.4. The molecule has 0 aliphatic carbocycles. The van der Waals surface area contributed by atoms with Gasteiger partial charge in [-0.25, -0.2) is 0 Å². The Morgan fingerprint density at radius 2 is 1.93 bits per heavy atom. The maximum Gasteiger partial charge on any atom is 0.0257 e. The molecule has 0 nitrogen and oxygen atoms in total. The molecule has 0 amide bonds. The first-order valence-corrected chi connectivity index (χ1v) is 6.60. The molecule has 1 atom stereocenters. The summed E-state index contributed by atoms with van der Waals surface area (Å²) in [6.45, 7) is 4.31. The summed E-state index contributed by atoms with van der Waals surface area (Å²) >= 11 is 7.70. The van der Waals surface area contributed by atoms with Crippen LogP contribution in [0.3, 0.4) is 0 Å². The van der Waals surface area contributed by atoms with Gasteiger partial charge in [0.25, 0.3) is 0 Å². The van der Waals surface area contributed by atoms with Gasteiger partial charge in [0.2, 0.25) is 0 Å². The molecular formula is C12H17ClS. The molecule has 0 aliphatic rings. The summed E-state index contributed by atoms with van der Waals surface area (Å²) in [7, 11) is 0. The largest absolute Gasteiger partial charge is 0.157 e. The number of halogens is 1. The van der Waals surface area contributed by atoms with Crippen LogP contribution in [0.4, 0.5) is 0 Å². The molecule has 0 spiro atoms. The van der Waals surface area contributed by atoms with Crippen molar-refractivity contribution in [2.45, 2.75) is 19.6 Å². The average molecular weight is 229 g/mol. The standard InChI is InChI=1S/C12H17ClS/c1-10-3-5-12(6-4-10)9-14-8-11(2)7-13/h3-6,11H,7-9H2,1-2H3. The summed E-state index contributed by atoms with van der Waals surface area (Å²) in [5.74, 6) is 3.63. The van der Waals surface area contributed by atoms with Crippen LogP contribution in [0.5, 0.6) is 0 Å². The van der Waals surface area contributed by atoms with Crippen molar-refractivity contribution in [1.29, 1.82) is 0 Å². The third kappa shape index (κ3) is 4.39. The van der Waals surface area contributed by atoms with E-state index in [0.29, 0.717) is 5.92 Å². The fraction of sp³-hybridized carbons (Fsp3) is 0.500. The minimum Gasteiger partial charge on any atom is -0.157 e. The topological polar surface area (TPSA) is 0 Å². The molecule has 0 saturated carbocycles. The fourth-order valence-corrected chi connectivity index (χ4v) is 2.41. The van der Waals surface area contributed by atoms with Gasteiger partial charge in [0, 0.05) is 11.6 Å². The van der Waals surface area contributed by atoms with E-state index >= 15 is 0 Å². The van der Waals surface area contributed by atoms with Crippen molar-refractivity contribution in [3.8, 4) is 0 Å². The molecule has 0 bridgehead atoms. The van der Waals surface area contributed by atoms with Crippen molar-refractivity contribution in [2.75, 3.05) is 11.6 Å². The summed E-state index contributed by atoms with van der Waals surface area (Å²) in [6, 6.07) is 8.74. The number of alkyl halides is 1. The summed E-state index contributed by atoms with van der Waals surface area (Å²) in [5.41, 5.74) is 2.73. The molecule has 1 unspecified atom stereocenters. The van der Waals surface area contributed by atoms with Crippen molar-refractivity contribution in [3.05, 3.63) is 35.4 Å². The second-order valence-electron chi connectivity index (χ2n) is 3.76. The van der Waals surface area contributed by atoms with Crippen LogP contribution in [0.2, 0.25) is 0 Å². The second kappa shape index (κ2) is 6.36. The van der Waals surface area contributed by atoms with Crippen LogP contribution in [0.25, 0.3) is 0 Å². The summed E-state index contributed by atoms with van der Waals surface area (Å²) in [5, 5.41) is 0. The molecule has 14 heavy (non-hydrogen) atoms. The van der Waals surface area contributed by atoms with E-state index in [1.54, 1.807) is 0 Å². The van der Waals surface area contributed by atoms with E-state index in [-0.39, 0.29) is 0 Å². The Labute approximate surface area is 96.0 Å². The maximum absolute atomic E-state index is 5.74. The van der Waals surface area contributed by atoms with Crippen LogP contribution in [0.15, 0.2) is 24.3 Å². The third-order valence-electron chi connectivity index (χ3n) is 2.06. The normalized spacial score (nSPS) is 12.8. The lowest BCUT2D eigenvalue weighted by Crippen LogP contribution is -1.99. The van der Waals surface area contributed by atoms with Crippen molar-refractivity contribution in [3.63, 3.8) is 0 Å². The lowest BCUT2D eigenvalue weighted by Gasteiger charge is -2.06. The Bertz CT molecular complexity index is 256. The Morgan fingerprint density at radius 3 is 2.50 bits per heavy atom. The molecule has 1 aromatic carbocycles. The number of rotatable bonds is 5. The number of thioether (sulfide) groups is 1. The van der Waals surface area contributed by atoms with Gasteiger partial charge in [-0.15, -0.1) is 11.6 Å². The van der Waals surface area contributed by atoms with Crippen LogP contribution in [-0.2, 0) is 5.75 Å². The first-order chi connectivity index (χ1) is 6.72. The van der Waals surface area contributed by atoms with Crippen LogP contribution in [0.1, 0.15) is 18.1 Å². The Balaban J connectivity index is 2.28. The first-order valence-electron chi connectivity index (χ1n) is 4.91. The van der Waals surface area contributed by atoms with Gasteiger partial charge in [-0.05, 0) is 24.2 Å². The van der Waals surface area contributed by atoms with Crippen LogP contribution in [0, 0.1) is 12.8 Å². The highest BCUT2D eigenvalue weighted by Gasteiger charge is 2.00. The summed E-state index contributed by atoms with van der Waals surface area (Å²) < 4.78 is 0. The van der Waals surface area contributed by atoms with E-state index in [0.717, 1.165) is 17.4 Å². The maximum atomic E-state index is 5.74. The van der Waals surface area contributed by atoms with E-state index in [9.17, 15) is 0 Å². The second-order valence-corrected chi connectivity index (χ2v) is 5.10. The van der Waals surface area contributed by atoms with Gasteiger partial charge >= 0.3 is 0 Å². The minimum atomic E-state index is 0.618. The molecule has 2 heteroatoms. The highest BCUT2D eigenvalue weighted by molar-refractivity contribution is 7.98. The lowest BCUT2D eigenvalue weighted by molar-refractivity contribution is 0.759. The number of hydrogen-bond acceptors (Lipinski definition) is 1. The number of hydrogen-bond donors (Lipinski definition) is 0. The quantitative estimate of drug-likeness (QED) is 0.684. The van der Waals surface area contributed by atoms with Gasteiger partial charge < -0.3 is 0 Å². The highest BCUT2D eigenvalue weighted by atomic mass is 35.5. The molecule has 78 valence electrons. The van der Waals surface area contributed by atoms with Gasteiger partial charge in [0.05, 0.1) is 0 Å². The molecule has 0 fully saturated rings. The molecule has 0 aromatic heterocycles.